The highest BCUT2D eigenvalue weighted by Gasteiger charge is 2.25. The van der Waals surface area contributed by atoms with Crippen molar-refractivity contribution in [2.24, 2.45) is 5.92 Å². The fourth-order valence-corrected chi connectivity index (χ4v) is 3.25. The normalized spacial score (nSPS) is 14.9. The Labute approximate surface area is 167 Å². The predicted octanol–water partition coefficient (Wildman–Crippen LogP) is 4.87. The van der Waals surface area contributed by atoms with Gasteiger partial charge < -0.3 is 20.1 Å². The lowest BCUT2D eigenvalue weighted by molar-refractivity contribution is 0.0318. The van der Waals surface area contributed by atoms with Crippen molar-refractivity contribution in [2.75, 3.05) is 7.11 Å². The van der Waals surface area contributed by atoms with Gasteiger partial charge in [-0.25, -0.2) is 0 Å². The first-order valence-corrected chi connectivity index (χ1v) is 9.59. The van der Waals surface area contributed by atoms with Crippen LogP contribution in [0.25, 0.3) is 6.08 Å². The summed E-state index contributed by atoms with van der Waals surface area (Å²) in [6.45, 7) is 5.87. The van der Waals surface area contributed by atoms with Crippen LogP contribution in [0.2, 0.25) is 0 Å². The number of aromatic hydroxyl groups is 1. The summed E-state index contributed by atoms with van der Waals surface area (Å²) in [5.41, 5.74) is 2.83. The minimum Gasteiger partial charge on any atom is -0.508 e. The maximum Gasteiger partial charge on any atom is 0.118 e. The first-order valence-electron chi connectivity index (χ1n) is 9.59. The van der Waals surface area contributed by atoms with E-state index in [0.717, 1.165) is 23.3 Å². The molecule has 0 aliphatic heterocycles. The molecule has 0 fully saturated rings. The van der Waals surface area contributed by atoms with Crippen LogP contribution in [0.3, 0.4) is 0 Å². The highest BCUT2D eigenvalue weighted by atomic mass is 16.5. The van der Waals surface area contributed by atoms with Gasteiger partial charge in [0.1, 0.15) is 11.5 Å². The van der Waals surface area contributed by atoms with Gasteiger partial charge in [0.2, 0.25) is 0 Å². The molecule has 2 aromatic carbocycles. The topological polar surface area (TPSA) is 69.9 Å². The lowest BCUT2D eigenvalue weighted by atomic mass is 9.87. The number of aliphatic hydroxyl groups excluding tert-OH is 2. The van der Waals surface area contributed by atoms with Crippen molar-refractivity contribution in [3.63, 3.8) is 0 Å². The van der Waals surface area contributed by atoms with Gasteiger partial charge in [0, 0.05) is 5.92 Å². The third-order valence-corrected chi connectivity index (χ3v) is 4.99. The molecule has 0 amide bonds. The van der Waals surface area contributed by atoms with Crippen LogP contribution in [0.5, 0.6) is 11.5 Å². The molecule has 150 valence electrons. The molecule has 0 saturated heterocycles. The molecule has 28 heavy (non-hydrogen) atoms. The zero-order chi connectivity index (χ0) is 20.5. The van der Waals surface area contributed by atoms with Gasteiger partial charge in [-0.1, -0.05) is 48.9 Å². The second kappa shape index (κ2) is 10.7. The molecule has 2 rings (SSSR count). The van der Waals surface area contributed by atoms with E-state index in [9.17, 15) is 15.3 Å². The molecular formula is C24H30O4. The highest BCUT2D eigenvalue weighted by Crippen LogP contribution is 2.30. The fraction of sp³-hybridized carbons (Fsp3) is 0.333. The maximum atomic E-state index is 10.7. The monoisotopic (exact) mass is 382 g/mol. The molecule has 0 spiro atoms. The van der Waals surface area contributed by atoms with Gasteiger partial charge >= 0.3 is 0 Å². The van der Waals surface area contributed by atoms with Crippen LogP contribution < -0.4 is 4.74 Å². The number of hydrogen-bond donors (Lipinski definition) is 3. The standard InChI is InChI=1S/C24H30O4/c1-4-17(15-18-7-6-8-20(25)16-18)9-14-23(26)22(5-2)24(27)19-10-12-21(28-3)13-11-19/h5-8,10-13,15-16,22-27H,2,4,9,14H2,1,3H3/b17-15+/t22-,23-,24-/m1/s1. The second-order valence-electron chi connectivity index (χ2n) is 6.89. The van der Waals surface area contributed by atoms with Crippen molar-refractivity contribution in [2.45, 2.75) is 38.4 Å². The smallest absolute Gasteiger partial charge is 0.118 e. The minimum atomic E-state index is -0.835. The highest BCUT2D eigenvalue weighted by molar-refractivity contribution is 5.54. The molecule has 3 N–H and O–H groups in total. The first kappa shape index (κ1) is 21.7. The molecule has 0 unspecified atom stereocenters. The number of benzene rings is 2. The Hall–Kier alpha value is -2.56. The van der Waals surface area contributed by atoms with Gasteiger partial charge in [-0.2, -0.15) is 0 Å². The molecule has 0 aromatic heterocycles. The summed E-state index contributed by atoms with van der Waals surface area (Å²) in [7, 11) is 1.59. The molecule has 0 radical (unpaired) electrons. The zero-order valence-corrected chi connectivity index (χ0v) is 16.6. The van der Waals surface area contributed by atoms with Crippen LogP contribution in [0.15, 0.2) is 66.8 Å². The number of allylic oxidation sites excluding steroid dienone is 1. The SMILES string of the molecule is C=C[C@H]([C@H](O)CC/C(=C/c1cccc(O)c1)CC)[C@H](O)c1ccc(OC)cc1. The number of phenols is 1. The van der Waals surface area contributed by atoms with Gasteiger partial charge in [-0.05, 0) is 54.7 Å². The summed E-state index contributed by atoms with van der Waals surface area (Å²) >= 11 is 0. The average Bonchev–Trinajstić information content (AvgIpc) is 2.71. The van der Waals surface area contributed by atoms with Crippen molar-refractivity contribution in [3.8, 4) is 11.5 Å². The number of methoxy groups -OCH3 is 1. The summed E-state index contributed by atoms with van der Waals surface area (Å²) < 4.78 is 5.14. The number of ether oxygens (including phenoxy) is 1. The molecule has 4 nitrogen and oxygen atoms in total. The zero-order valence-electron chi connectivity index (χ0n) is 16.6. The summed E-state index contributed by atoms with van der Waals surface area (Å²) in [6.07, 6.45) is 4.17. The number of aliphatic hydroxyl groups is 2. The number of hydrogen-bond acceptors (Lipinski definition) is 4. The van der Waals surface area contributed by atoms with E-state index in [-0.39, 0.29) is 5.75 Å². The third kappa shape index (κ3) is 5.98. The van der Waals surface area contributed by atoms with Crippen molar-refractivity contribution < 1.29 is 20.1 Å². The van der Waals surface area contributed by atoms with Gasteiger partial charge in [-0.3, -0.25) is 0 Å². The molecular weight excluding hydrogens is 352 g/mol. The van der Waals surface area contributed by atoms with Crippen molar-refractivity contribution in [1.82, 2.24) is 0 Å². The van der Waals surface area contributed by atoms with E-state index in [4.69, 9.17) is 4.74 Å². The van der Waals surface area contributed by atoms with Crippen molar-refractivity contribution in [1.29, 1.82) is 0 Å². The Morgan fingerprint density at radius 2 is 1.86 bits per heavy atom. The van der Waals surface area contributed by atoms with Crippen LogP contribution in [-0.2, 0) is 0 Å². The van der Waals surface area contributed by atoms with E-state index in [1.54, 1.807) is 49.6 Å². The average molecular weight is 383 g/mol. The molecule has 0 aliphatic carbocycles. The molecule has 0 bridgehead atoms. The van der Waals surface area contributed by atoms with E-state index in [0.29, 0.717) is 12.8 Å². The summed E-state index contributed by atoms with van der Waals surface area (Å²) in [5, 5.41) is 31.0. The van der Waals surface area contributed by atoms with E-state index in [1.807, 2.05) is 18.2 Å². The Bertz CT molecular complexity index is 779. The maximum absolute atomic E-state index is 10.7. The van der Waals surface area contributed by atoms with Crippen LogP contribution >= 0.6 is 0 Å². The van der Waals surface area contributed by atoms with Crippen LogP contribution in [0, 0.1) is 5.92 Å². The molecule has 0 heterocycles. The van der Waals surface area contributed by atoms with E-state index < -0.39 is 18.1 Å². The van der Waals surface area contributed by atoms with Crippen LogP contribution in [-0.4, -0.2) is 28.5 Å². The van der Waals surface area contributed by atoms with E-state index >= 15 is 0 Å². The molecule has 2 aromatic rings. The quantitative estimate of drug-likeness (QED) is 0.513. The number of phenolic OH excluding ortho intramolecular Hbond substituents is 1. The lowest BCUT2D eigenvalue weighted by Gasteiger charge is -2.25. The molecule has 0 aliphatic rings. The molecule has 0 saturated carbocycles. The molecule has 4 heteroatoms. The fourth-order valence-electron chi connectivity index (χ4n) is 3.25. The summed E-state index contributed by atoms with van der Waals surface area (Å²) in [6, 6.07) is 14.3. The summed E-state index contributed by atoms with van der Waals surface area (Å²) in [5.74, 6) is 0.488. The first-order chi connectivity index (χ1) is 13.5. The number of rotatable bonds is 10. The van der Waals surface area contributed by atoms with Gasteiger partial charge in [0.25, 0.3) is 0 Å². The Kier molecular flexibility index (Phi) is 8.30. The lowest BCUT2D eigenvalue weighted by Crippen LogP contribution is -2.25. The Morgan fingerprint density at radius 3 is 2.43 bits per heavy atom. The van der Waals surface area contributed by atoms with Crippen molar-refractivity contribution in [3.05, 3.63) is 77.9 Å². The Balaban J connectivity index is 2.03. The van der Waals surface area contributed by atoms with Gasteiger partial charge in [0.15, 0.2) is 0 Å². The Morgan fingerprint density at radius 1 is 1.14 bits per heavy atom. The largest absolute Gasteiger partial charge is 0.508 e. The second-order valence-corrected chi connectivity index (χ2v) is 6.89. The summed E-state index contributed by atoms with van der Waals surface area (Å²) in [4.78, 5) is 0. The van der Waals surface area contributed by atoms with Crippen LogP contribution in [0.4, 0.5) is 0 Å². The molecule has 3 atom stereocenters. The predicted molar refractivity (Wildman–Crippen MR) is 113 cm³/mol. The van der Waals surface area contributed by atoms with E-state index in [1.165, 1.54) is 5.57 Å². The minimum absolute atomic E-state index is 0.235. The van der Waals surface area contributed by atoms with Gasteiger partial charge in [-0.15, -0.1) is 6.58 Å². The van der Waals surface area contributed by atoms with Gasteiger partial charge in [0.05, 0.1) is 19.3 Å². The van der Waals surface area contributed by atoms with Crippen LogP contribution in [0.1, 0.15) is 43.4 Å². The third-order valence-electron chi connectivity index (χ3n) is 4.99. The van der Waals surface area contributed by atoms with Crippen molar-refractivity contribution >= 4 is 6.08 Å². The van der Waals surface area contributed by atoms with E-state index in [2.05, 4.69) is 13.5 Å².